The second-order valence-electron chi connectivity index (χ2n) is 4.67. The van der Waals surface area contributed by atoms with Crippen LogP contribution in [0.2, 0.25) is 0 Å². The van der Waals surface area contributed by atoms with E-state index in [1.54, 1.807) is 26.4 Å². The first-order valence-corrected chi connectivity index (χ1v) is 6.91. The molecule has 0 aliphatic carbocycles. The molecule has 0 aliphatic heterocycles. The molecule has 0 atom stereocenters. The normalized spacial score (nSPS) is 10.6. The van der Waals surface area contributed by atoms with Crippen molar-refractivity contribution in [2.45, 2.75) is 0 Å². The van der Waals surface area contributed by atoms with Crippen LogP contribution in [-0.2, 0) is 0 Å². The molecule has 5 heteroatoms. The van der Waals surface area contributed by atoms with Crippen molar-refractivity contribution >= 4 is 11.9 Å². The van der Waals surface area contributed by atoms with Gasteiger partial charge in [0.1, 0.15) is 0 Å². The molecule has 0 aromatic heterocycles. The maximum Gasteiger partial charge on any atom is 0.185 e. The van der Waals surface area contributed by atoms with Gasteiger partial charge in [-0.15, -0.1) is 0 Å². The third kappa shape index (κ3) is 3.63. The lowest BCUT2D eigenvalue weighted by atomic mass is 10.1. The maximum absolute atomic E-state index is 12.3. The van der Waals surface area contributed by atoms with Crippen molar-refractivity contribution in [1.82, 2.24) is 0 Å². The Labute approximate surface area is 134 Å². The van der Waals surface area contributed by atoms with Gasteiger partial charge in [0.2, 0.25) is 0 Å². The highest BCUT2D eigenvalue weighted by molar-refractivity contribution is 6.07. The number of phenolic OH excluding ortho intramolecular Hbond substituents is 1. The molecule has 0 bridgehead atoms. The van der Waals surface area contributed by atoms with E-state index in [0.29, 0.717) is 17.1 Å². The number of phenols is 1. The quantitative estimate of drug-likeness (QED) is 0.654. The largest absolute Gasteiger partial charge is 0.504 e. The molecular weight excluding hydrogens is 296 g/mol. The van der Waals surface area contributed by atoms with Crippen molar-refractivity contribution in [3.8, 4) is 23.0 Å². The molecule has 5 nitrogen and oxygen atoms in total. The van der Waals surface area contributed by atoms with Gasteiger partial charge < -0.3 is 19.3 Å². The standard InChI is InChI=1S/C18H18O5/c1-21-16-6-4-5-12(18(16)23-3)7-9-14(19)13-8-10-15(20)17(11-13)22-2/h4-11,20H,1-3H3. The van der Waals surface area contributed by atoms with Gasteiger partial charge >= 0.3 is 0 Å². The monoisotopic (exact) mass is 314 g/mol. The molecule has 2 aromatic carbocycles. The molecular formula is C18H18O5. The first-order valence-electron chi connectivity index (χ1n) is 6.91. The Balaban J connectivity index is 2.28. The topological polar surface area (TPSA) is 65.0 Å². The zero-order chi connectivity index (χ0) is 16.8. The van der Waals surface area contributed by atoms with Gasteiger partial charge in [0.15, 0.2) is 28.8 Å². The fourth-order valence-electron chi connectivity index (χ4n) is 2.14. The van der Waals surface area contributed by atoms with Crippen molar-refractivity contribution in [1.29, 1.82) is 0 Å². The van der Waals surface area contributed by atoms with E-state index in [1.165, 1.54) is 31.4 Å². The summed E-state index contributed by atoms with van der Waals surface area (Å²) in [6.45, 7) is 0. The van der Waals surface area contributed by atoms with Crippen LogP contribution in [0.15, 0.2) is 42.5 Å². The Hall–Kier alpha value is -2.95. The van der Waals surface area contributed by atoms with Crippen molar-refractivity contribution in [2.24, 2.45) is 0 Å². The minimum Gasteiger partial charge on any atom is -0.504 e. The van der Waals surface area contributed by atoms with Gasteiger partial charge in [-0.1, -0.05) is 12.1 Å². The number of ether oxygens (including phenoxy) is 3. The highest BCUT2D eigenvalue weighted by Crippen LogP contribution is 2.32. The summed E-state index contributed by atoms with van der Waals surface area (Å²) in [5, 5.41) is 9.57. The number of aromatic hydroxyl groups is 1. The molecule has 0 spiro atoms. The number of ketones is 1. The molecule has 0 fully saturated rings. The first kappa shape index (κ1) is 16.4. The third-order valence-corrected chi connectivity index (χ3v) is 3.31. The predicted octanol–water partition coefficient (Wildman–Crippen LogP) is 3.31. The molecule has 23 heavy (non-hydrogen) atoms. The summed E-state index contributed by atoms with van der Waals surface area (Å²) in [4.78, 5) is 12.3. The van der Waals surface area contributed by atoms with Gasteiger partial charge in [0.05, 0.1) is 21.3 Å². The van der Waals surface area contributed by atoms with Crippen molar-refractivity contribution < 1.29 is 24.1 Å². The van der Waals surface area contributed by atoms with Gasteiger partial charge in [-0.05, 0) is 36.4 Å². The average Bonchev–Trinajstić information content (AvgIpc) is 2.59. The summed E-state index contributed by atoms with van der Waals surface area (Å²) >= 11 is 0. The summed E-state index contributed by atoms with van der Waals surface area (Å²) in [6.07, 6.45) is 3.09. The maximum atomic E-state index is 12.3. The Morgan fingerprint density at radius 3 is 2.39 bits per heavy atom. The van der Waals surface area contributed by atoms with Crippen LogP contribution < -0.4 is 14.2 Å². The van der Waals surface area contributed by atoms with Gasteiger partial charge in [0, 0.05) is 11.1 Å². The van der Waals surface area contributed by atoms with Crippen LogP contribution in [0.5, 0.6) is 23.0 Å². The molecule has 2 rings (SSSR count). The number of allylic oxidation sites excluding steroid dienone is 1. The molecule has 0 heterocycles. The van der Waals surface area contributed by atoms with Gasteiger partial charge in [-0.3, -0.25) is 4.79 Å². The molecule has 0 aliphatic rings. The van der Waals surface area contributed by atoms with E-state index in [2.05, 4.69) is 0 Å². The molecule has 0 saturated carbocycles. The summed E-state index contributed by atoms with van der Waals surface area (Å²) in [7, 11) is 4.53. The molecule has 120 valence electrons. The SMILES string of the molecule is COc1cc(C(=O)C=Cc2cccc(OC)c2OC)ccc1O. The van der Waals surface area contributed by atoms with Gasteiger partial charge in [-0.2, -0.15) is 0 Å². The number of benzene rings is 2. The number of para-hydroxylation sites is 1. The Morgan fingerprint density at radius 2 is 1.74 bits per heavy atom. The summed E-state index contributed by atoms with van der Waals surface area (Å²) < 4.78 is 15.5. The average molecular weight is 314 g/mol. The fraction of sp³-hybridized carbons (Fsp3) is 0.167. The Bertz CT molecular complexity index is 734. The number of rotatable bonds is 6. The fourth-order valence-corrected chi connectivity index (χ4v) is 2.14. The first-order chi connectivity index (χ1) is 11.1. The molecule has 0 saturated heterocycles. The number of carbonyl (C=O) groups excluding carboxylic acids is 1. The second kappa shape index (κ2) is 7.35. The lowest BCUT2D eigenvalue weighted by Gasteiger charge is -2.09. The molecule has 0 radical (unpaired) electrons. The van der Waals surface area contributed by atoms with E-state index in [0.717, 1.165) is 5.56 Å². The minimum absolute atomic E-state index is 0.0116. The number of methoxy groups -OCH3 is 3. The van der Waals surface area contributed by atoms with Crippen molar-refractivity contribution in [3.63, 3.8) is 0 Å². The van der Waals surface area contributed by atoms with Gasteiger partial charge in [0.25, 0.3) is 0 Å². The van der Waals surface area contributed by atoms with Crippen LogP contribution >= 0.6 is 0 Å². The van der Waals surface area contributed by atoms with Crippen LogP contribution in [0.25, 0.3) is 6.08 Å². The summed E-state index contributed by atoms with van der Waals surface area (Å²) in [6, 6.07) is 9.87. The Morgan fingerprint density at radius 1 is 1.00 bits per heavy atom. The third-order valence-electron chi connectivity index (χ3n) is 3.31. The van der Waals surface area contributed by atoms with E-state index in [4.69, 9.17) is 14.2 Å². The minimum atomic E-state index is -0.215. The van der Waals surface area contributed by atoms with E-state index < -0.39 is 0 Å². The lowest BCUT2D eigenvalue weighted by molar-refractivity contribution is 0.104. The number of carbonyl (C=O) groups is 1. The van der Waals surface area contributed by atoms with Crippen molar-refractivity contribution in [2.75, 3.05) is 21.3 Å². The molecule has 0 amide bonds. The molecule has 1 N–H and O–H groups in total. The zero-order valence-corrected chi connectivity index (χ0v) is 13.2. The molecule has 0 unspecified atom stereocenters. The number of hydrogen-bond acceptors (Lipinski definition) is 5. The lowest BCUT2D eigenvalue weighted by Crippen LogP contribution is -1.96. The van der Waals surface area contributed by atoms with Crippen LogP contribution in [0, 0.1) is 0 Å². The second-order valence-corrected chi connectivity index (χ2v) is 4.67. The molecule has 2 aromatic rings. The summed E-state index contributed by atoms with van der Waals surface area (Å²) in [5.41, 5.74) is 1.14. The van der Waals surface area contributed by atoms with E-state index in [-0.39, 0.29) is 17.3 Å². The van der Waals surface area contributed by atoms with E-state index in [9.17, 15) is 9.90 Å². The van der Waals surface area contributed by atoms with Gasteiger partial charge in [-0.25, -0.2) is 0 Å². The van der Waals surface area contributed by atoms with Crippen LogP contribution in [0.3, 0.4) is 0 Å². The predicted molar refractivity (Wildman–Crippen MR) is 87.6 cm³/mol. The highest BCUT2D eigenvalue weighted by Gasteiger charge is 2.09. The van der Waals surface area contributed by atoms with E-state index >= 15 is 0 Å². The Kier molecular flexibility index (Phi) is 5.25. The smallest absolute Gasteiger partial charge is 0.185 e. The van der Waals surface area contributed by atoms with Crippen LogP contribution in [0.4, 0.5) is 0 Å². The zero-order valence-electron chi connectivity index (χ0n) is 13.2. The highest BCUT2D eigenvalue weighted by atomic mass is 16.5. The van der Waals surface area contributed by atoms with E-state index in [1.807, 2.05) is 12.1 Å². The summed E-state index contributed by atoms with van der Waals surface area (Å²) in [5.74, 6) is 1.18. The van der Waals surface area contributed by atoms with Crippen molar-refractivity contribution in [3.05, 3.63) is 53.6 Å². The van der Waals surface area contributed by atoms with Crippen LogP contribution in [0.1, 0.15) is 15.9 Å². The van der Waals surface area contributed by atoms with Crippen LogP contribution in [-0.4, -0.2) is 32.2 Å². The number of hydrogen-bond donors (Lipinski definition) is 1.